The summed E-state index contributed by atoms with van der Waals surface area (Å²) in [5, 5.41) is 3.32. The van der Waals surface area contributed by atoms with Crippen molar-refractivity contribution in [3.05, 3.63) is 58.6 Å². The molecule has 0 aliphatic heterocycles. The highest BCUT2D eigenvalue weighted by molar-refractivity contribution is 6.30. The Hall–Kier alpha value is -2.33. The van der Waals surface area contributed by atoms with Crippen LogP contribution in [0, 0.1) is 6.92 Å². The van der Waals surface area contributed by atoms with E-state index in [9.17, 15) is 9.59 Å². The molecule has 24 heavy (non-hydrogen) atoms. The van der Waals surface area contributed by atoms with Gasteiger partial charge in [0.05, 0.1) is 5.69 Å². The molecule has 0 aromatic heterocycles. The Bertz CT molecular complexity index is 759. The summed E-state index contributed by atoms with van der Waals surface area (Å²) >= 11 is 5.92. The van der Waals surface area contributed by atoms with Gasteiger partial charge in [-0.2, -0.15) is 0 Å². The number of amides is 2. The van der Waals surface area contributed by atoms with Crippen molar-refractivity contribution in [1.29, 1.82) is 0 Å². The molecular weight excluding hydrogens is 324 g/mol. The van der Waals surface area contributed by atoms with Crippen molar-refractivity contribution in [1.82, 2.24) is 0 Å². The number of rotatable bonds is 5. The Balaban J connectivity index is 2.23. The van der Waals surface area contributed by atoms with Gasteiger partial charge in [0, 0.05) is 17.6 Å². The largest absolute Gasteiger partial charge is 0.324 e. The lowest BCUT2D eigenvalue weighted by Gasteiger charge is -2.25. The molecule has 0 saturated heterocycles. The van der Waals surface area contributed by atoms with Crippen molar-refractivity contribution in [3.8, 4) is 0 Å². The molecule has 0 saturated carbocycles. The van der Waals surface area contributed by atoms with Crippen LogP contribution in [0.1, 0.15) is 25.0 Å². The number of hydrogen-bond acceptors (Lipinski definition) is 2. The van der Waals surface area contributed by atoms with Gasteiger partial charge in [-0.25, -0.2) is 0 Å². The first-order valence-electron chi connectivity index (χ1n) is 7.84. The number of carbonyl (C=O) groups is 2. The maximum Gasteiger partial charge on any atom is 0.244 e. The number of benzene rings is 2. The number of halogens is 1. The van der Waals surface area contributed by atoms with E-state index >= 15 is 0 Å². The number of anilines is 2. The minimum atomic E-state index is -0.266. The zero-order chi connectivity index (χ0) is 17.7. The van der Waals surface area contributed by atoms with Crippen molar-refractivity contribution < 1.29 is 9.59 Å². The standard InChI is InChI=1S/C19H21ClN2O2/c1-4-15-8-5-7-13(2)19(15)22(14(3)23)12-18(24)21-17-10-6-9-16(20)11-17/h5-11H,4,12H2,1-3H3,(H,21,24). The monoisotopic (exact) mass is 344 g/mol. The van der Waals surface area contributed by atoms with Gasteiger partial charge in [-0.15, -0.1) is 0 Å². The van der Waals surface area contributed by atoms with Crippen LogP contribution in [0.2, 0.25) is 5.02 Å². The molecule has 126 valence electrons. The lowest BCUT2D eigenvalue weighted by Crippen LogP contribution is -2.37. The predicted octanol–water partition coefficient (Wildman–Crippen LogP) is 4.20. The van der Waals surface area contributed by atoms with E-state index in [1.807, 2.05) is 32.0 Å². The Morgan fingerprint density at radius 3 is 2.50 bits per heavy atom. The second-order valence-corrected chi connectivity index (χ2v) is 6.04. The zero-order valence-corrected chi connectivity index (χ0v) is 14.9. The zero-order valence-electron chi connectivity index (χ0n) is 14.1. The van der Waals surface area contributed by atoms with E-state index in [4.69, 9.17) is 11.6 Å². The third-order valence-corrected chi connectivity index (χ3v) is 4.00. The quantitative estimate of drug-likeness (QED) is 0.883. The molecule has 1 N–H and O–H groups in total. The summed E-state index contributed by atoms with van der Waals surface area (Å²) in [5.74, 6) is -0.432. The summed E-state index contributed by atoms with van der Waals surface area (Å²) in [7, 11) is 0. The van der Waals surface area contributed by atoms with Gasteiger partial charge in [-0.3, -0.25) is 9.59 Å². The molecule has 0 unspecified atom stereocenters. The van der Waals surface area contributed by atoms with Crippen molar-refractivity contribution in [2.24, 2.45) is 0 Å². The lowest BCUT2D eigenvalue weighted by molar-refractivity contribution is -0.120. The summed E-state index contributed by atoms with van der Waals surface area (Å²) in [6.07, 6.45) is 0.788. The number of carbonyl (C=O) groups excluding carboxylic acids is 2. The predicted molar refractivity (Wildman–Crippen MR) is 98.7 cm³/mol. The number of aryl methyl sites for hydroxylation is 2. The van der Waals surface area contributed by atoms with Gasteiger partial charge in [-0.1, -0.05) is 42.8 Å². The molecule has 0 fully saturated rings. The minimum absolute atomic E-state index is 0.0420. The van der Waals surface area contributed by atoms with Crippen LogP contribution in [0.4, 0.5) is 11.4 Å². The van der Waals surface area contributed by atoms with E-state index in [2.05, 4.69) is 5.32 Å². The van der Waals surface area contributed by atoms with Gasteiger partial charge in [0.15, 0.2) is 0 Å². The fourth-order valence-corrected chi connectivity index (χ4v) is 2.84. The van der Waals surface area contributed by atoms with Gasteiger partial charge in [-0.05, 0) is 42.7 Å². The first-order valence-corrected chi connectivity index (χ1v) is 8.22. The van der Waals surface area contributed by atoms with Gasteiger partial charge in [0.1, 0.15) is 6.54 Å². The van der Waals surface area contributed by atoms with Crippen LogP contribution in [0.3, 0.4) is 0 Å². The highest BCUT2D eigenvalue weighted by atomic mass is 35.5. The summed E-state index contributed by atoms with van der Waals surface area (Å²) < 4.78 is 0. The highest BCUT2D eigenvalue weighted by Crippen LogP contribution is 2.26. The maximum absolute atomic E-state index is 12.4. The molecule has 4 nitrogen and oxygen atoms in total. The van der Waals surface area contributed by atoms with E-state index in [0.717, 1.165) is 23.2 Å². The second kappa shape index (κ2) is 7.97. The molecule has 0 aliphatic carbocycles. The van der Waals surface area contributed by atoms with Crippen LogP contribution in [-0.4, -0.2) is 18.4 Å². The minimum Gasteiger partial charge on any atom is -0.324 e. The first-order chi connectivity index (χ1) is 11.4. The molecule has 2 rings (SSSR count). The van der Waals surface area contributed by atoms with Gasteiger partial charge in [0.25, 0.3) is 0 Å². The third kappa shape index (κ3) is 4.36. The van der Waals surface area contributed by atoms with Crippen molar-refractivity contribution >= 4 is 34.8 Å². The Kier molecular flexibility index (Phi) is 5.99. The molecule has 0 radical (unpaired) electrons. The smallest absolute Gasteiger partial charge is 0.244 e. The van der Waals surface area contributed by atoms with E-state index < -0.39 is 0 Å². The molecule has 0 bridgehead atoms. The molecule has 0 heterocycles. The fraction of sp³-hybridized carbons (Fsp3) is 0.263. The molecule has 0 aliphatic rings. The van der Waals surface area contributed by atoms with Gasteiger partial charge < -0.3 is 10.2 Å². The van der Waals surface area contributed by atoms with Crippen molar-refractivity contribution in [2.75, 3.05) is 16.8 Å². The van der Waals surface area contributed by atoms with Gasteiger partial charge >= 0.3 is 0 Å². The summed E-state index contributed by atoms with van der Waals surface area (Å²) in [5.41, 5.74) is 3.44. The van der Waals surface area contributed by atoms with Crippen LogP contribution in [0.5, 0.6) is 0 Å². The second-order valence-electron chi connectivity index (χ2n) is 5.60. The lowest BCUT2D eigenvalue weighted by atomic mass is 10.0. The molecule has 2 aromatic rings. The number of nitrogens with zero attached hydrogens (tertiary/aromatic N) is 1. The van der Waals surface area contributed by atoms with E-state index in [1.165, 1.54) is 11.8 Å². The molecule has 5 heteroatoms. The van der Waals surface area contributed by atoms with Crippen molar-refractivity contribution in [3.63, 3.8) is 0 Å². The third-order valence-electron chi connectivity index (χ3n) is 3.76. The van der Waals surface area contributed by atoms with Crippen LogP contribution < -0.4 is 10.2 Å². The average Bonchev–Trinajstić information content (AvgIpc) is 2.52. The van der Waals surface area contributed by atoms with E-state index in [1.54, 1.807) is 24.3 Å². The van der Waals surface area contributed by atoms with Crippen LogP contribution >= 0.6 is 11.6 Å². The van der Waals surface area contributed by atoms with E-state index in [-0.39, 0.29) is 18.4 Å². The molecule has 2 aromatic carbocycles. The Labute approximate surface area is 147 Å². The average molecular weight is 345 g/mol. The maximum atomic E-state index is 12.4. The highest BCUT2D eigenvalue weighted by Gasteiger charge is 2.20. The molecule has 2 amide bonds. The van der Waals surface area contributed by atoms with E-state index in [0.29, 0.717) is 10.7 Å². The van der Waals surface area contributed by atoms with Crippen LogP contribution in [-0.2, 0) is 16.0 Å². The fourth-order valence-electron chi connectivity index (χ4n) is 2.65. The Morgan fingerprint density at radius 1 is 1.17 bits per heavy atom. The molecule has 0 spiro atoms. The normalized spacial score (nSPS) is 10.3. The summed E-state index contributed by atoms with van der Waals surface area (Å²) in [4.78, 5) is 26.0. The van der Waals surface area contributed by atoms with Crippen LogP contribution in [0.25, 0.3) is 0 Å². The summed E-state index contributed by atoms with van der Waals surface area (Å²) in [6, 6.07) is 12.8. The number of nitrogens with one attached hydrogen (secondary N) is 1. The molecular formula is C19H21ClN2O2. The van der Waals surface area contributed by atoms with Crippen LogP contribution in [0.15, 0.2) is 42.5 Å². The molecule has 0 atom stereocenters. The summed E-state index contributed by atoms with van der Waals surface area (Å²) in [6.45, 7) is 5.40. The number of hydrogen-bond donors (Lipinski definition) is 1. The van der Waals surface area contributed by atoms with Gasteiger partial charge in [0.2, 0.25) is 11.8 Å². The topological polar surface area (TPSA) is 49.4 Å². The Morgan fingerprint density at radius 2 is 1.88 bits per heavy atom. The number of para-hydroxylation sites is 1. The van der Waals surface area contributed by atoms with Crippen molar-refractivity contribution in [2.45, 2.75) is 27.2 Å². The SMILES string of the molecule is CCc1cccc(C)c1N(CC(=O)Nc1cccc(Cl)c1)C(C)=O. The first kappa shape index (κ1) is 18.0.